The monoisotopic (exact) mass is 389 g/mol. The van der Waals surface area contributed by atoms with Gasteiger partial charge in [0.2, 0.25) is 5.91 Å². The maximum atomic E-state index is 13.7. The molecule has 0 aliphatic carbocycles. The van der Waals surface area contributed by atoms with Crippen molar-refractivity contribution in [1.82, 2.24) is 0 Å². The Bertz CT molecular complexity index is 1110. The molecule has 0 bridgehead atoms. The van der Waals surface area contributed by atoms with E-state index in [0.29, 0.717) is 22.6 Å². The number of rotatable bonds is 3. The Labute approximate surface area is 166 Å². The molecule has 0 radical (unpaired) electrons. The third-order valence-corrected chi connectivity index (χ3v) is 4.52. The summed E-state index contributed by atoms with van der Waals surface area (Å²) in [5.74, 6) is -1.80. The van der Waals surface area contributed by atoms with Gasteiger partial charge < -0.3 is 10.6 Å². The summed E-state index contributed by atoms with van der Waals surface area (Å²) in [5, 5.41) is 5.34. The molecule has 0 spiro atoms. The van der Waals surface area contributed by atoms with Gasteiger partial charge in [0, 0.05) is 11.3 Å². The second-order valence-corrected chi connectivity index (χ2v) is 6.47. The van der Waals surface area contributed by atoms with Crippen LogP contribution in [0.5, 0.6) is 0 Å². The topological polar surface area (TPSA) is 78.5 Å². The average molecular weight is 389 g/mol. The molecule has 7 heteroatoms. The maximum Gasteiger partial charge on any atom is 0.258 e. The Morgan fingerprint density at radius 3 is 2.38 bits per heavy atom. The molecule has 3 aromatic rings. The zero-order valence-electron chi connectivity index (χ0n) is 15.2. The van der Waals surface area contributed by atoms with Crippen LogP contribution in [0.25, 0.3) is 0 Å². The lowest BCUT2D eigenvalue weighted by Gasteiger charge is -2.29. The number of amides is 3. The quantitative estimate of drug-likeness (QED) is 0.717. The van der Waals surface area contributed by atoms with Gasteiger partial charge in [-0.1, -0.05) is 24.3 Å². The number of benzene rings is 3. The fraction of sp³-hybridized carbons (Fsp3) is 0.0455. The summed E-state index contributed by atoms with van der Waals surface area (Å²) in [6.07, 6.45) is 0. The van der Waals surface area contributed by atoms with Crippen molar-refractivity contribution < 1.29 is 18.8 Å². The summed E-state index contributed by atoms with van der Waals surface area (Å²) >= 11 is 0. The lowest BCUT2D eigenvalue weighted by Crippen LogP contribution is -2.42. The van der Waals surface area contributed by atoms with Crippen LogP contribution in [0, 0.1) is 5.82 Å². The van der Waals surface area contributed by atoms with E-state index in [-0.39, 0.29) is 23.9 Å². The van der Waals surface area contributed by atoms with Crippen molar-refractivity contribution in [2.45, 2.75) is 0 Å². The normalized spacial score (nSPS) is 12.7. The average Bonchev–Trinajstić information content (AvgIpc) is 2.73. The van der Waals surface area contributed by atoms with E-state index in [1.54, 1.807) is 54.6 Å². The molecule has 0 atom stereocenters. The van der Waals surface area contributed by atoms with Crippen molar-refractivity contribution in [2.24, 2.45) is 0 Å². The van der Waals surface area contributed by atoms with Crippen LogP contribution in [-0.4, -0.2) is 24.3 Å². The Hall–Kier alpha value is -4.00. The van der Waals surface area contributed by atoms with E-state index in [0.717, 1.165) is 0 Å². The molecule has 0 saturated heterocycles. The van der Waals surface area contributed by atoms with E-state index in [1.165, 1.54) is 23.1 Å². The molecular weight excluding hydrogens is 373 g/mol. The van der Waals surface area contributed by atoms with Gasteiger partial charge in [-0.05, 0) is 48.5 Å². The van der Waals surface area contributed by atoms with E-state index in [2.05, 4.69) is 10.6 Å². The number of para-hydroxylation sites is 2. The zero-order valence-corrected chi connectivity index (χ0v) is 15.2. The van der Waals surface area contributed by atoms with Crippen molar-refractivity contribution in [1.29, 1.82) is 0 Å². The molecule has 1 heterocycles. The minimum Gasteiger partial charge on any atom is -0.323 e. The van der Waals surface area contributed by atoms with Gasteiger partial charge in [0.25, 0.3) is 11.8 Å². The predicted molar refractivity (Wildman–Crippen MR) is 108 cm³/mol. The van der Waals surface area contributed by atoms with Gasteiger partial charge in [-0.15, -0.1) is 0 Å². The Morgan fingerprint density at radius 2 is 1.62 bits per heavy atom. The Balaban J connectivity index is 1.53. The second kappa shape index (κ2) is 7.55. The van der Waals surface area contributed by atoms with E-state index in [9.17, 15) is 18.8 Å². The van der Waals surface area contributed by atoms with Gasteiger partial charge in [-0.25, -0.2) is 4.39 Å². The number of fused-ring (bicyclic) bond motifs is 1. The molecule has 0 saturated carbocycles. The molecule has 29 heavy (non-hydrogen) atoms. The van der Waals surface area contributed by atoms with Gasteiger partial charge in [0.1, 0.15) is 12.4 Å². The first-order chi connectivity index (χ1) is 14.0. The molecule has 3 aromatic carbocycles. The number of nitrogens with zero attached hydrogens (tertiary/aromatic N) is 1. The molecule has 3 amide bonds. The van der Waals surface area contributed by atoms with Gasteiger partial charge in [0.05, 0.1) is 16.9 Å². The summed E-state index contributed by atoms with van der Waals surface area (Å²) in [6.45, 7) is -0.0817. The molecular formula is C22H16FN3O3. The minimum absolute atomic E-state index is 0.0661. The summed E-state index contributed by atoms with van der Waals surface area (Å²) < 4.78 is 13.7. The van der Waals surface area contributed by atoms with Crippen LogP contribution in [0.3, 0.4) is 0 Å². The number of nitrogens with one attached hydrogen (secondary N) is 2. The molecule has 2 N–H and O–H groups in total. The van der Waals surface area contributed by atoms with Crippen LogP contribution in [0.15, 0.2) is 72.8 Å². The van der Waals surface area contributed by atoms with Crippen molar-refractivity contribution in [2.75, 3.05) is 22.1 Å². The van der Waals surface area contributed by atoms with E-state index in [4.69, 9.17) is 0 Å². The predicted octanol–water partition coefficient (Wildman–Crippen LogP) is 3.68. The van der Waals surface area contributed by atoms with Crippen LogP contribution in [0.2, 0.25) is 0 Å². The fourth-order valence-corrected chi connectivity index (χ4v) is 3.11. The van der Waals surface area contributed by atoms with Gasteiger partial charge in [-0.3, -0.25) is 19.3 Å². The van der Waals surface area contributed by atoms with Crippen LogP contribution < -0.4 is 15.5 Å². The molecule has 1 aliphatic rings. The third-order valence-electron chi connectivity index (χ3n) is 4.52. The molecule has 6 nitrogen and oxygen atoms in total. The highest BCUT2D eigenvalue weighted by Crippen LogP contribution is 2.30. The molecule has 0 unspecified atom stereocenters. The standard InChI is InChI=1S/C22H16FN3O3/c23-17-6-2-1-5-16(17)21(28)24-15-11-9-14(10-12-15)22(29)26-13-20(27)25-18-7-3-4-8-19(18)26/h1-12H,13H2,(H,24,28)(H,25,27). The fourth-order valence-electron chi connectivity index (χ4n) is 3.11. The highest BCUT2D eigenvalue weighted by Gasteiger charge is 2.27. The Kier molecular flexibility index (Phi) is 4.78. The molecule has 1 aliphatic heterocycles. The van der Waals surface area contributed by atoms with Crippen molar-refractivity contribution >= 4 is 34.8 Å². The van der Waals surface area contributed by atoms with Crippen LogP contribution in [0.1, 0.15) is 20.7 Å². The van der Waals surface area contributed by atoms with Gasteiger partial charge >= 0.3 is 0 Å². The number of hydrogen-bond acceptors (Lipinski definition) is 3. The highest BCUT2D eigenvalue weighted by molar-refractivity contribution is 6.15. The van der Waals surface area contributed by atoms with Crippen molar-refractivity contribution in [3.05, 3.63) is 89.7 Å². The van der Waals surface area contributed by atoms with Crippen molar-refractivity contribution in [3.63, 3.8) is 0 Å². The first kappa shape index (κ1) is 18.4. The summed E-state index contributed by atoms with van der Waals surface area (Å²) in [7, 11) is 0. The summed E-state index contributed by atoms with van der Waals surface area (Å²) in [6, 6.07) is 19.0. The number of carbonyl (C=O) groups excluding carboxylic acids is 3. The van der Waals surface area contributed by atoms with Crippen LogP contribution in [0.4, 0.5) is 21.5 Å². The molecule has 4 rings (SSSR count). The van der Waals surface area contributed by atoms with Crippen LogP contribution >= 0.6 is 0 Å². The lowest BCUT2D eigenvalue weighted by molar-refractivity contribution is -0.115. The second-order valence-electron chi connectivity index (χ2n) is 6.47. The smallest absolute Gasteiger partial charge is 0.258 e. The highest BCUT2D eigenvalue weighted by atomic mass is 19.1. The number of anilines is 3. The van der Waals surface area contributed by atoms with E-state index < -0.39 is 11.7 Å². The first-order valence-corrected chi connectivity index (χ1v) is 8.89. The zero-order chi connectivity index (χ0) is 20.4. The first-order valence-electron chi connectivity index (χ1n) is 8.89. The van der Waals surface area contributed by atoms with Crippen molar-refractivity contribution in [3.8, 4) is 0 Å². The molecule has 144 valence electrons. The van der Waals surface area contributed by atoms with Gasteiger partial charge in [-0.2, -0.15) is 0 Å². The number of halogens is 1. The minimum atomic E-state index is -0.612. The molecule has 0 fully saturated rings. The lowest BCUT2D eigenvalue weighted by atomic mass is 10.1. The summed E-state index contributed by atoms with van der Waals surface area (Å²) in [5.41, 5.74) is 1.91. The number of hydrogen-bond donors (Lipinski definition) is 2. The number of carbonyl (C=O) groups is 3. The Morgan fingerprint density at radius 1 is 0.931 bits per heavy atom. The third kappa shape index (κ3) is 3.70. The van der Waals surface area contributed by atoms with Gasteiger partial charge in [0.15, 0.2) is 0 Å². The van der Waals surface area contributed by atoms with Crippen LogP contribution in [-0.2, 0) is 4.79 Å². The van der Waals surface area contributed by atoms with E-state index >= 15 is 0 Å². The molecule has 0 aromatic heterocycles. The SMILES string of the molecule is O=C1CN(C(=O)c2ccc(NC(=O)c3ccccc3F)cc2)c2ccccc2N1. The summed E-state index contributed by atoms with van der Waals surface area (Å²) in [4.78, 5) is 38.5. The largest absolute Gasteiger partial charge is 0.323 e. The maximum absolute atomic E-state index is 13.7. The van der Waals surface area contributed by atoms with E-state index in [1.807, 2.05) is 0 Å².